The van der Waals surface area contributed by atoms with Gasteiger partial charge in [0, 0.05) is 30.3 Å². The summed E-state index contributed by atoms with van der Waals surface area (Å²) in [5.41, 5.74) is 3.74. The van der Waals surface area contributed by atoms with Crippen LogP contribution in [0.3, 0.4) is 0 Å². The van der Waals surface area contributed by atoms with Gasteiger partial charge < -0.3 is 20.1 Å². The second kappa shape index (κ2) is 9.41. The molecular formula is C22H23N3O3. The highest BCUT2D eigenvalue weighted by Gasteiger charge is 2.09. The average Bonchev–Trinajstić information content (AvgIpc) is 2.74. The van der Waals surface area contributed by atoms with Crippen LogP contribution in [0.1, 0.15) is 11.1 Å². The monoisotopic (exact) mass is 377 g/mol. The zero-order valence-corrected chi connectivity index (χ0v) is 15.9. The lowest BCUT2D eigenvalue weighted by atomic mass is 10.1. The molecule has 0 radical (unpaired) electrons. The fourth-order valence-corrected chi connectivity index (χ4v) is 2.76. The van der Waals surface area contributed by atoms with Crippen LogP contribution in [0.5, 0.6) is 11.5 Å². The predicted molar refractivity (Wildman–Crippen MR) is 110 cm³/mol. The highest BCUT2D eigenvalue weighted by atomic mass is 16.5. The Morgan fingerprint density at radius 3 is 2.21 bits per heavy atom. The predicted octanol–water partition coefficient (Wildman–Crippen LogP) is 3.89. The molecule has 3 aromatic rings. The van der Waals surface area contributed by atoms with Gasteiger partial charge >= 0.3 is 0 Å². The van der Waals surface area contributed by atoms with E-state index in [1.807, 2.05) is 48.5 Å². The summed E-state index contributed by atoms with van der Waals surface area (Å²) in [7, 11) is 3.16. The van der Waals surface area contributed by atoms with E-state index in [0.717, 1.165) is 22.5 Å². The smallest absolute Gasteiger partial charge is 0.228 e. The van der Waals surface area contributed by atoms with Gasteiger partial charge in [0.25, 0.3) is 0 Å². The van der Waals surface area contributed by atoms with Crippen LogP contribution in [-0.4, -0.2) is 25.1 Å². The average molecular weight is 377 g/mol. The van der Waals surface area contributed by atoms with E-state index in [-0.39, 0.29) is 12.3 Å². The van der Waals surface area contributed by atoms with E-state index < -0.39 is 0 Å². The first kappa shape index (κ1) is 19.2. The Hall–Kier alpha value is -3.54. The van der Waals surface area contributed by atoms with Crippen molar-refractivity contribution in [3.8, 4) is 11.5 Å². The number of rotatable bonds is 8. The molecule has 0 spiro atoms. The van der Waals surface area contributed by atoms with Crippen LogP contribution in [0, 0.1) is 0 Å². The minimum atomic E-state index is -0.0929. The van der Waals surface area contributed by atoms with Crippen LogP contribution >= 0.6 is 0 Å². The second-order valence-corrected chi connectivity index (χ2v) is 6.20. The molecule has 3 rings (SSSR count). The SMILES string of the molecule is COc1ccc(CC(=O)Nc2ccc(NCc3ccncc3)cc2)cc1OC. The van der Waals surface area contributed by atoms with Crippen molar-refractivity contribution in [1.29, 1.82) is 0 Å². The molecule has 0 aliphatic heterocycles. The second-order valence-electron chi connectivity index (χ2n) is 6.20. The molecule has 0 unspecified atom stereocenters. The number of amides is 1. The molecule has 2 aromatic carbocycles. The van der Waals surface area contributed by atoms with Crippen molar-refractivity contribution in [1.82, 2.24) is 4.98 Å². The normalized spacial score (nSPS) is 10.2. The lowest BCUT2D eigenvalue weighted by molar-refractivity contribution is -0.115. The van der Waals surface area contributed by atoms with E-state index >= 15 is 0 Å². The highest BCUT2D eigenvalue weighted by molar-refractivity contribution is 5.92. The Kier molecular flexibility index (Phi) is 6.46. The van der Waals surface area contributed by atoms with E-state index in [0.29, 0.717) is 18.0 Å². The maximum absolute atomic E-state index is 12.3. The van der Waals surface area contributed by atoms with Crippen LogP contribution in [0.15, 0.2) is 67.0 Å². The summed E-state index contributed by atoms with van der Waals surface area (Å²) in [6, 6.07) is 17.0. The van der Waals surface area contributed by atoms with Gasteiger partial charge in [-0.25, -0.2) is 0 Å². The van der Waals surface area contributed by atoms with Crippen molar-refractivity contribution in [3.05, 3.63) is 78.1 Å². The first-order valence-electron chi connectivity index (χ1n) is 8.91. The summed E-state index contributed by atoms with van der Waals surface area (Å²) in [5.74, 6) is 1.16. The summed E-state index contributed by atoms with van der Waals surface area (Å²) in [6.07, 6.45) is 3.80. The molecule has 28 heavy (non-hydrogen) atoms. The lowest BCUT2D eigenvalue weighted by Crippen LogP contribution is -2.14. The molecule has 6 nitrogen and oxygen atoms in total. The molecule has 0 fully saturated rings. The standard InChI is InChI=1S/C22H23N3O3/c1-27-20-8-3-17(13-21(20)28-2)14-22(26)25-19-6-4-18(5-7-19)24-15-16-9-11-23-12-10-16/h3-13,24H,14-15H2,1-2H3,(H,25,26). The topological polar surface area (TPSA) is 72.5 Å². The number of methoxy groups -OCH3 is 2. The van der Waals surface area contributed by atoms with Gasteiger partial charge in [-0.15, -0.1) is 0 Å². The van der Waals surface area contributed by atoms with Gasteiger partial charge in [-0.3, -0.25) is 9.78 Å². The number of aromatic nitrogens is 1. The summed E-state index contributed by atoms with van der Waals surface area (Å²) < 4.78 is 10.5. The van der Waals surface area contributed by atoms with Gasteiger partial charge in [0.15, 0.2) is 11.5 Å². The Labute approximate surface area is 164 Å². The highest BCUT2D eigenvalue weighted by Crippen LogP contribution is 2.27. The number of hydrogen-bond acceptors (Lipinski definition) is 5. The van der Waals surface area contributed by atoms with Crippen LogP contribution in [0.25, 0.3) is 0 Å². The zero-order valence-electron chi connectivity index (χ0n) is 15.9. The van der Waals surface area contributed by atoms with Crippen LogP contribution in [0.2, 0.25) is 0 Å². The van der Waals surface area contributed by atoms with E-state index in [4.69, 9.17) is 9.47 Å². The number of ether oxygens (including phenoxy) is 2. The van der Waals surface area contributed by atoms with Crippen molar-refractivity contribution in [2.24, 2.45) is 0 Å². The maximum atomic E-state index is 12.3. The zero-order chi connectivity index (χ0) is 19.8. The third-order valence-electron chi connectivity index (χ3n) is 4.23. The van der Waals surface area contributed by atoms with Gasteiger partial charge in [-0.1, -0.05) is 6.07 Å². The minimum Gasteiger partial charge on any atom is -0.493 e. The van der Waals surface area contributed by atoms with Gasteiger partial charge in [0.1, 0.15) is 0 Å². The third-order valence-corrected chi connectivity index (χ3v) is 4.23. The number of hydrogen-bond donors (Lipinski definition) is 2. The van der Waals surface area contributed by atoms with Crippen LogP contribution in [0.4, 0.5) is 11.4 Å². The van der Waals surface area contributed by atoms with Gasteiger partial charge in [0.2, 0.25) is 5.91 Å². The molecule has 6 heteroatoms. The molecule has 2 N–H and O–H groups in total. The summed E-state index contributed by atoms with van der Waals surface area (Å²) in [4.78, 5) is 16.3. The third kappa shape index (κ3) is 5.23. The van der Waals surface area contributed by atoms with E-state index in [2.05, 4.69) is 15.6 Å². The number of carbonyl (C=O) groups excluding carboxylic acids is 1. The number of nitrogens with one attached hydrogen (secondary N) is 2. The first-order valence-corrected chi connectivity index (χ1v) is 8.91. The van der Waals surface area contributed by atoms with Gasteiger partial charge in [-0.05, 0) is 59.7 Å². The molecule has 144 valence electrons. The van der Waals surface area contributed by atoms with Crippen molar-refractivity contribution in [2.75, 3.05) is 24.9 Å². The van der Waals surface area contributed by atoms with E-state index in [9.17, 15) is 4.79 Å². The van der Waals surface area contributed by atoms with E-state index in [1.165, 1.54) is 0 Å². The number of pyridine rings is 1. The lowest BCUT2D eigenvalue weighted by Gasteiger charge is -2.11. The van der Waals surface area contributed by atoms with E-state index in [1.54, 1.807) is 32.7 Å². The van der Waals surface area contributed by atoms with Crippen molar-refractivity contribution in [2.45, 2.75) is 13.0 Å². The Bertz CT molecular complexity index is 912. The summed E-state index contributed by atoms with van der Waals surface area (Å²) in [5, 5.41) is 6.25. The Balaban J connectivity index is 1.54. The quantitative estimate of drug-likeness (QED) is 0.623. The fourth-order valence-electron chi connectivity index (χ4n) is 2.76. The fraction of sp³-hybridized carbons (Fsp3) is 0.182. The molecule has 0 saturated heterocycles. The first-order chi connectivity index (χ1) is 13.7. The van der Waals surface area contributed by atoms with Crippen molar-refractivity contribution in [3.63, 3.8) is 0 Å². The Morgan fingerprint density at radius 2 is 1.54 bits per heavy atom. The molecule has 0 saturated carbocycles. The summed E-state index contributed by atoms with van der Waals surface area (Å²) >= 11 is 0. The minimum absolute atomic E-state index is 0.0929. The number of carbonyl (C=O) groups is 1. The molecule has 0 aliphatic rings. The molecule has 1 heterocycles. The molecule has 0 aliphatic carbocycles. The molecule has 0 atom stereocenters. The summed E-state index contributed by atoms with van der Waals surface area (Å²) in [6.45, 7) is 0.716. The molecule has 1 amide bonds. The number of anilines is 2. The van der Waals surface area contributed by atoms with Crippen molar-refractivity contribution >= 4 is 17.3 Å². The number of benzene rings is 2. The largest absolute Gasteiger partial charge is 0.493 e. The molecule has 1 aromatic heterocycles. The maximum Gasteiger partial charge on any atom is 0.228 e. The van der Waals surface area contributed by atoms with Crippen LogP contribution < -0.4 is 20.1 Å². The number of nitrogens with zero attached hydrogens (tertiary/aromatic N) is 1. The van der Waals surface area contributed by atoms with Crippen LogP contribution in [-0.2, 0) is 17.8 Å². The molecule has 0 bridgehead atoms. The van der Waals surface area contributed by atoms with Gasteiger partial charge in [-0.2, -0.15) is 0 Å². The molecular weight excluding hydrogens is 354 g/mol. The van der Waals surface area contributed by atoms with Crippen molar-refractivity contribution < 1.29 is 14.3 Å². The Morgan fingerprint density at radius 1 is 0.857 bits per heavy atom. The van der Waals surface area contributed by atoms with Gasteiger partial charge in [0.05, 0.1) is 20.6 Å².